The van der Waals surface area contributed by atoms with Crippen LogP contribution in [-0.4, -0.2) is 34.9 Å². The fourth-order valence-electron chi connectivity index (χ4n) is 1.01. The molecule has 0 fully saturated rings. The van der Waals surface area contributed by atoms with Crippen LogP contribution in [0, 0.1) is 5.92 Å². The molecule has 0 heterocycles. The Balaban J connectivity index is 4.66. The number of rotatable bonds is 6. The van der Waals surface area contributed by atoms with Crippen molar-refractivity contribution in [3.63, 3.8) is 0 Å². The van der Waals surface area contributed by atoms with E-state index in [4.69, 9.17) is 10.8 Å². The first-order valence-electron chi connectivity index (χ1n) is 4.08. The van der Waals surface area contributed by atoms with E-state index in [1.54, 1.807) is 13.2 Å². The summed E-state index contributed by atoms with van der Waals surface area (Å²) in [6.45, 7) is 5.05. The van der Waals surface area contributed by atoms with Crippen LogP contribution in [-0.2, 0) is 9.59 Å². The lowest BCUT2D eigenvalue weighted by Crippen LogP contribution is -2.43. The third-order valence-corrected chi connectivity index (χ3v) is 2.51. The molecule has 0 aliphatic rings. The average Bonchev–Trinajstić information content (AvgIpc) is 2.11. The number of carbonyl (C=O) groups excluding carboxylic acids is 1. The van der Waals surface area contributed by atoms with Crippen LogP contribution in [0.15, 0.2) is 12.2 Å². The number of nitrogens with two attached hydrogens (primary N) is 1. The third-order valence-electron chi connectivity index (χ3n) is 1.82. The average molecular weight is 217 g/mol. The van der Waals surface area contributed by atoms with Crippen LogP contribution in [0.2, 0.25) is 0 Å². The summed E-state index contributed by atoms with van der Waals surface area (Å²) < 4.78 is 0. The molecule has 0 rings (SSSR count). The molecule has 4 nitrogen and oxygen atoms in total. The standard InChI is InChI=1S/C9H15NO3S/c1-5(2)8(11)6(4-14-3)7(10)9(12)13/h6-7H,1,4,10H2,2-3H3,(H,12,13)/t6?,7-/m0/s1. The van der Waals surface area contributed by atoms with Crippen LogP contribution in [0.3, 0.4) is 0 Å². The van der Waals surface area contributed by atoms with Gasteiger partial charge in [0.2, 0.25) is 0 Å². The summed E-state index contributed by atoms with van der Waals surface area (Å²) in [5.41, 5.74) is 5.76. The second-order valence-electron chi connectivity index (χ2n) is 3.07. The lowest BCUT2D eigenvalue weighted by atomic mass is 9.94. The van der Waals surface area contributed by atoms with Gasteiger partial charge in [0.15, 0.2) is 5.78 Å². The van der Waals surface area contributed by atoms with E-state index < -0.39 is 17.9 Å². The molecule has 0 aliphatic heterocycles. The monoisotopic (exact) mass is 217 g/mol. The Hall–Kier alpha value is -0.810. The van der Waals surface area contributed by atoms with E-state index in [0.717, 1.165) is 0 Å². The molecule has 0 amide bonds. The largest absolute Gasteiger partial charge is 0.480 e. The zero-order valence-corrected chi connectivity index (χ0v) is 9.13. The topological polar surface area (TPSA) is 80.4 Å². The number of hydrogen-bond donors (Lipinski definition) is 2. The van der Waals surface area contributed by atoms with Gasteiger partial charge in [0.1, 0.15) is 6.04 Å². The number of ketones is 1. The fraction of sp³-hybridized carbons (Fsp3) is 0.556. The van der Waals surface area contributed by atoms with Crippen LogP contribution < -0.4 is 5.73 Å². The fourth-order valence-corrected chi connectivity index (χ4v) is 1.73. The van der Waals surface area contributed by atoms with E-state index in [1.807, 2.05) is 0 Å². The van der Waals surface area contributed by atoms with E-state index in [2.05, 4.69) is 6.58 Å². The van der Waals surface area contributed by atoms with Crippen molar-refractivity contribution in [1.29, 1.82) is 0 Å². The molecule has 0 aromatic heterocycles. The molecule has 80 valence electrons. The Morgan fingerprint density at radius 1 is 1.57 bits per heavy atom. The Kier molecular flexibility index (Phi) is 5.49. The predicted octanol–water partition coefficient (Wildman–Crippen LogP) is 0.523. The number of hydrogen-bond acceptors (Lipinski definition) is 4. The Bertz CT molecular complexity index is 252. The smallest absolute Gasteiger partial charge is 0.321 e. The lowest BCUT2D eigenvalue weighted by Gasteiger charge is -2.18. The molecule has 1 unspecified atom stereocenters. The van der Waals surface area contributed by atoms with Crippen molar-refractivity contribution in [3.05, 3.63) is 12.2 Å². The van der Waals surface area contributed by atoms with Crippen molar-refractivity contribution in [2.75, 3.05) is 12.0 Å². The van der Waals surface area contributed by atoms with Gasteiger partial charge in [-0.25, -0.2) is 0 Å². The Morgan fingerprint density at radius 3 is 2.36 bits per heavy atom. The van der Waals surface area contributed by atoms with E-state index in [1.165, 1.54) is 11.8 Å². The second-order valence-corrected chi connectivity index (χ2v) is 3.98. The highest BCUT2D eigenvalue weighted by Gasteiger charge is 2.30. The molecule has 2 atom stereocenters. The first-order chi connectivity index (χ1) is 6.41. The van der Waals surface area contributed by atoms with Gasteiger partial charge in [0.25, 0.3) is 0 Å². The highest BCUT2D eigenvalue weighted by atomic mass is 32.2. The van der Waals surface area contributed by atoms with Crippen LogP contribution >= 0.6 is 11.8 Å². The molecule has 5 heteroatoms. The van der Waals surface area contributed by atoms with Gasteiger partial charge >= 0.3 is 5.97 Å². The number of aliphatic carboxylic acids is 1. The minimum atomic E-state index is -1.15. The van der Waals surface area contributed by atoms with Gasteiger partial charge in [0, 0.05) is 5.75 Å². The van der Waals surface area contributed by atoms with Crippen molar-refractivity contribution >= 4 is 23.5 Å². The normalized spacial score (nSPS) is 14.5. The summed E-state index contributed by atoms with van der Waals surface area (Å²) in [6.07, 6.45) is 1.80. The maximum Gasteiger partial charge on any atom is 0.321 e. The molecule has 0 bridgehead atoms. The predicted molar refractivity (Wildman–Crippen MR) is 57.3 cm³/mol. The number of carbonyl (C=O) groups is 2. The molecular formula is C9H15NO3S. The minimum absolute atomic E-state index is 0.269. The number of carboxylic acid groups (broad SMARTS) is 1. The molecule has 0 aliphatic carbocycles. The lowest BCUT2D eigenvalue weighted by molar-refractivity contribution is -0.141. The summed E-state index contributed by atoms with van der Waals surface area (Å²) in [5.74, 6) is -1.70. The van der Waals surface area contributed by atoms with Crippen LogP contribution in [0.1, 0.15) is 6.92 Å². The summed E-state index contributed by atoms with van der Waals surface area (Å²) in [6, 6.07) is -1.15. The van der Waals surface area contributed by atoms with Crippen LogP contribution in [0.5, 0.6) is 0 Å². The van der Waals surface area contributed by atoms with E-state index in [9.17, 15) is 9.59 Å². The molecule has 3 N–H and O–H groups in total. The van der Waals surface area contributed by atoms with Crippen molar-refractivity contribution < 1.29 is 14.7 Å². The zero-order valence-electron chi connectivity index (χ0n) is 8.32. The maximum atomic E-state index is 11.5. The quantitative estimate of drug-likeness (QED) is 0.634. The summed E-state index contributed by atoms with van der Waals surface area (Å²) in [7, 11) is 0. The van der Waals surface area contributed by atoms with Gasteiger partial charge < -0.3 is 10.8 Å². The van der Waals surface area contributed by atoms with Gasteiger partial charge in [-0.05, 0) is 18.8 Å². The zero-order chi connectivity index (χ0) is 11.3. The number of carboxylic acids is 1. The second kappa shape index (κ2) is 5.82. The van der Waals surface area contributed by atoms with Crippen LogP contribution in [0.4, 0.5) is 0 Å². The highest BCUT2D eigenvalue weighted by molar-refractivity contribution is 7.98. The van der Waals surface area contributed by atoms with Gasteiger partial charge in [0.05, 0.1) is 5.92 Å². The van der Waals surface area contributed by atoms with E-state index in [-0.39, 0.29) is 5.78 Å². The summed E-state index contributed by atoms with van der Waals surface area (Å²) in [4.78, 5) is 22.1. The third kappa shape index (κ3) is 3.51. The molecule has 0 radical (unpaired) electrons. The molecule has 0 aromatic rings. The molecule has 0 saturated carbocycles. The molecular weight excluding hydrogens is 202 g/mol. The van der Waals surface area contributed by atoms with Gasteiger partial charge in [-0.15, -0.1) is 0 Å². The summed E-state index contributed by atoms with van der Waals surface area (Å²) >= 11 is 1.40. The highest BCUT2D eigenvalue weighted by Crippen LogP contribution is 2.14. The number of allylic oxidation sites excluding steroid dienone is 1. The van der Waals surface area contributed by atoms with Crippen molar-refractivity contribution in [2.45, 2.75) is 13.0 Å². The van der Waals surface area contributed by atoms with Gasteiger partial charge in [-0.3, -0.25) is 9.59 Å². The Labute approximate surface area is 87.5 Å². The number of thioether (sulfide) groups is 1. The summed E-state index contributed by atoms with van der Waals surface area (Å²) in [5, 5.41) is 8.69. The molecule has 0 aromatic carbocycles. The first kappa shape index (κ1) is 13.2. The SMILES string of the molecule is C=C(C)C(=O)C(CSC)[C@H](N)C(=O)O. The van der Waals surface area contributed by atoms with E-state index >= 15 is 0 Å². The van der Waals surface area contributed by atoms with Crippen molar-refractivity contribution in [3.8, 4) is 0 Å². The molecule has 0 saturated heterocycles. The Morgan fingerprint density at radius 2 is 2.07 bits per heavy atom. The van der Waals surface area contributed by atoms with E-state index in [0.29, 0.717) is 11.3 Å². The van der Waals surface area contributed by atoms with Crippen molar-refractivity contribution in [1.82, 2.24) is 0 Å². The maximum absolute atomic E-state index is 11.5. The first-order valence-corrected chi connectivity index (χ1v) is 5.48. The molecule has 14 heavy (non-hydrogen) atoms. The van der Waals surface area contributed by atoms with Gasteiger partial charge in [-0.1, -0.05) is 6.58 Å². The number of Topliss-reactive ketones (excluding diaryl/α,β-unsaturated/α-hetero) is 1. The minimum Gasteiger partial charge on any atom is -0.480 e. The van der Waals surface area contributed by atoms with Crippen molar-refractivity contribution in [2.24, 2.45) is 11.7 Å². The van der Waals surface area contributed by atoms with Gasteiger partial charge in [-0.2, -0.15) is 11.8 Å². The molecule has 0 spiro atoms. The van der Waals surface area contributed by atoms with Crippen LogP contribution in [0.25, 0.3) is 0 Å².